The van der Waals surface area contributed by atoms with Crippen molar-refractivity contribution >= 4 is 26.0 Å². The Bertz CT molecular complexity index is 882. The molecule has 0 aromatic carbocycles. The summed E-state index contributed by atoms with van der Waals surface area (Å²) in [6.45, 7) is 1.76. The van der Waals surface area contributed by atoms with Gasteiger partial charge in [0, 0.05) is 28.0 Å². The fraction of sp³-hybridized carbons (Fsp3) is 0.732. The van der Waals surface area contributed by atoms with Crippen LogP contribution in [0.2, 0.25) is 0 Å². The van der Waals surface area contributed by atoms with E-state index in [-0.39, 0.29) is 14.3 Å². The van der Waals surface area contributed by atoms with Gasteiger partial charge in [-0.25, -0.2) is 0 Å². The second-order valence-corrected chi connectivity index (χ2v) is 14.2. The molecule has 0 heterocycles. The molecular weight excluding hydrogens is 617 g/mol. The molecule has 0 aromatic heterocycles. The van der Waals surface area contributed by atoms with E-state index >= 15 is 0 Å². The van der Waals surface area contributed by atoms with Crippen molar-refractivity contribution in [2.75, 3.05) is 6.61 Å². The van der Waals surface area contributed by atoms with Gasteiger partial charge >= 0.3 is 5.97 Å². The van der Waals surface area contributed by atoms with Crippen LogP contribution in [0.4, 0.5) is 0 Å². The molecular formula is C41H72NO5P. The molecule has 0 saturated heterocycles. The van der Waals surface area contributed by atoms with E-state index in [1.807, 2.05) is 0 Å². The minimum absolute atomic E-state index is 0.0200. The SMILES string of the molecule is CCCCCCCCCCCCCCCCCC(=O)CCCCCC=CCC=CCC=CCC=CCCCC(=O)PN[C@@H](CO)C(=O)O. The van der Waals surface area contributed by atoms with Crippen LogP contribution in [0.5, 0.6) is 0 Å². The van der Waals surface area contributed by atoms with Crippen molar-refractivity contribution in [2.45, 2.75) is 186 Å². The number of Topliss-reactive ketones (excluding diaryl/α,β-unsaturated/α-hetero) is 1. The zero-order valence-corrected chi connectivity index (χ0v) is 31.6. The van der Waals surface area contributed by atoms with Crippen LogP contribution in [-0.4, -0.2) is 40.1 Å². The Hall–Kier alpha value is -1.88. The Morgan fingerprint density at radius 3 is 1.38 bits per heavy atom. The van der Waals surface area contributed by atoms with Crippen molar-refractivity contribution in [1.82, 2.24) is 5.09 Å². The van der Waals surface area contributed by atoms with Crippen LogP contribution >= 0.6 is 8.73 Å². The van der Waals surface area contributed by atoms with Crippen LogP contribution in [0.25, 0.3) is 0 Å². The zero-order valence-electron chi connectivity index (χ0n) is 30.6. The van der Waals surface area contributed by atoms with Gasteiger partial charge in [0.2, 0.25) is 0 Å². The smallest absolute Gasteiger partial charge is 0.323 e. The molecule has 2 atom stereocenters. The number of carbonyl (C=O) groups excluding carboxylic acids is 2. The Morgan fingerprint density at radius 2 is 0.938 bits per heavy atom. The van der Waals surface area contributed by atoms with Crippen molar-refractivity contribution < 1.29 is 24.6 Å². The number of allylic oxidation sites excluding steroid dienone is 8. The van der Waals surface area contributed by atoms with Crippen molar-refractivity contribution in [2.24, 2.45) is 0 Å². The van der Waals surface area contributed by atoms with E-state index in [2.05, 4.69) is 60.6 Å². The molecule has 3 N–H and O–H groups in total. The highest BCUT2D eigenvalue weighted by atomic mass is 31.1. The summed E-state index contributed by atoms with van der Waals surface area (Å²) in [6.07, 6.45) is 48.4. The lowest BCUT2D eigenvalue weighted by Crippen LogP contribution is -2.35. The summed E-state index contributed by atoms with van der Waals surface area (Å²) in [5.74, 6) is -0.688. The van der Waals surface area contributed by atoms with Crippen LogP contribution < -0.4 is 5.09 Å². The number of carboxylic acids is 1. The predicted octanol–water partition coefficient (Wildman–Crippen LogP) is 11.5. The molecule has 276 valence electrons. The number of nitrogens with one attached hydrogen (secondary N) is 1. The summed E-state index contributed by atoms with van der Waals surface area (Å²) < 4.78 is 0. The molecule has 6 nitrogen and oxygen atoms in total. The lowest BCUT2D eigenvalue weighted by molar-refractivity contribution is -0.139. The number of carbonyl (C=O) groups is 3. The largest absolute Gasteiger partial charge is 0.480 e. The Kier molecular flexibility index (Phi) is 36.4. The third-order valence-electron chi connectivity index (χ3n) is 8.51. The molecule has 0 saturated carbocycles. The summed E-state index contributed by atoms with van der Waals surface area (Å²) >= 11 is 0. The second kappa shape index (κ2) is 37.9. The van der Waals surface area contributed by atoms with E-state index in [1.54, 1.807) is 0 Å². The van der Waals surface area contributed by atoms with Crippen molar-refractivity contribution in [3.63, 3.8) is 0 Å². The van der Waals surface area contributed by atoms with Gasteiger partial charge in [-0.15, -0.1) is 0 Å². The van der Waals surface area contributed by atoms with Gasteiger partial charge in [-0.1, -0.05) is 152 Å². The fourth-order valence-electron chi connectivity index (χ4n) is 5.42. The van der Waals surface area contributed by atoms with Gasteiger partial charge in [-0.05, 0) is 57.8 Å². The highest BCUT2D eigenvalue weighted by Crippen LogP contribution is 2.15. The molecule has 0 fully saturated rings. The van der Waals surface area contributed by atoms with E-state index in [9.17, 15) is 14.4 Å². The van der Waals surface area contributed by atoms with Crippen LogP contribution in [0.1, 0.15) is 180 Å². The lowest BCUT2D eigenvalue weighted by Gasteiger charge is -2.10. The average Bonchev–Trinajstić information content (AvgIpc) is 3.07. The summed E-state index contributed by atoms with van der Waals surface area (Å²) in [6, 6.07) is -1.08. The van der Waals surface area contributed by atoms with Gasteiger partial charge in [0.25, 0.3) is 0 Å². The first-order valence-corrected chi connectivity index (χ1v) is 20.5. The quantitative estimate of drug-likeness (QED) is 0.0341. The molecule has 0 radical (unpaired) electrons. The minimum Gasteiger partial charge on any atom is -0.480 e. The number of rotatable bonds is 37. The first-order valence-electron chi connectivity index (χ1n) is 19.5. The van der Waals surface area contributed by atoms with Gasteiger partial charge < -0.3 is 10.2 Å². The molecule has 0 amide bonds. The van der Waals surface area contributed by atoms with Gasteiger partial charge in [0.05, 0.1) is 6.61 Å². The molecule has 48 heavy (non-hydrogen) atoms. The maximum atomic E-state index is 12.2. The number of aliphatic hydroxyl groups excluding tert-OH is 1. The topological polar surface area (TPSA) is 104 Å². The average molecular weight is 690 g/mol. The van der Waals surface area contributed by atoms with E-state index in [0.717, 1.165) is 77.0 Å². The summed E-state index contributed by atoms with van der Waals surface area (Å²) in [4.78, 5) is 34.8. The molecule has 0 rings (SSSR count). The number of unbranched alkanes of at least 4 members (excludes halogenated alkanes) is 18. The van der Waals surface area contributed by atoms with E-state index < -0.39 is 18.6 Å². The van der Waals surface area contributed by atoms with Gasteiger partial charge in [-0.3, -0.25) is 19.5 Å². The minimum atomic E-state index is -1.15. The van der Waals surface area contributed by atoms with E-state index in [0.29, 0.717) is 12.2 Å². The van der Waals surface area contributed by atoms with Gasteiger partial charge in [0.1, 0.15) is 11.8 Å². The van der Waals surface area contributed by atoms with Crippen LogP contribution in [0, 0.1) is 0 Å². The van der Waals surface area contributed by atoms with Crippen LogP contribution in [-0.2, 0) is 14.4 Å². The number of aliphatic hydroxyl groups is 1. The van der Waals surface area contributed by atoms with Crippen molar-refractivity contribution in [3.05, 3.63) is 48.6 Å². The highest BCUT2D eigenvalue weighted by molar-refractivity contribution is 7.55. The highest BCUT2D eigenvalue weighted by Gasteiger charge is 2.16. The number of aliphatic carboxylic acids is 1. The van der Waals surface area contributed by atoms with Crippen molar-refractivity contribution in [1.29, 1.82) is 0 Å². The summed E-state index contributed by atoms with van der Waals surface area (Å²) in [7, 11) is -0.291. The fourth-order valence-corrected chi connectivity index (χ4v) is 6.28. The number of ketones is 1. The molecule has 7 heteroatoms. The van der Waals surface area contributed by atoms with Crippen LogP contribution in [0.15, 0.2) is 48.6 Å². The summed E-state index contributed by atoms with van der Waals surface area (Å²) in [5, 5.41) is 20.4. The molecule has 0 aromatic rings. The number of hydrogen-bond acceptors (Lipinski definition) is 5. The summed E-state index contributed by atoms with van der Waals surface area (Å²) in [5.41, 5.74) is -0.0200. The molecule has 0 aliphatic carbocycles. The maximum absolute atomic E-state index is 12.2. The van der Waals surface area contributed by atoms with Gasteiger partial charge in [0.15, 0.2) is 5.52 Å². The third kappa shape index (κ3) is 35.4. The van der Waals surface area contributed by atoms with Gasteiger partial charge in [-0.2, -0.15) is 0 Å². The second-order valence-electron chi connectivity index (χ2n) is 13.1. The van der Waals surface area contributed by atoms with Crippen molar-refractivity contribution in [3.8, 4) is 0 Å². The normalized spacial score (nSPS) is 13.0. The van der Waals surface area contributed by atoms with E-state index in [4.69, 9.17) is 10.2 Å². The maximum Gasteiger partial charge on any atom is 0.323 e. The lowest BCUT2D eigenvalue weighted by atomic mass is 10.0. The molecule has 0 bridgehead atoms. The Morgan fingerprint density at radius 1 is 0.542 bits per heavy atom. The molecule has 0 aliphatic rings. The molecule has 1 unspecified atom stereocenters. The third-order valence-corrected chi connectivity index (χ3v) is 9.53. The van der Waals surface area contributed by atoms with Crippen LogP contribution in [0.3, 0.4) is 0 Å². The standard InChI is InChI=1S/C41H72NO5P/c1-2-3-4-5-6-7-8-9-13-16-19-22-25-28-31-34-38(44)35-32-29-26-23-20-17-14-11-10-12-15-18-21-24-27-30-33-36-40(45)48-42-39(37-43)41(46)47/h10-11,15,17-18,20,24,27,39,42-43,48H,2-9,12-14,16,19,21-23,25-26,28-37H2,1H3,(H,46,47)/t39-/m0/s1. The predicted molar refractivity (Wildman–Crippen MR) is 207 cm³/mol. The monoisotopic (exact) mass is 690 g/mol. The number of hydrogen-bond donors (Lipinski definition) is 3. The van der Waals surface area contributed by atoms with E-state index in [1.165, 1.54) is 89.9 Å². The zero-order chi connectivity index (χ0) is 35.2. The Labute approximate surface area is 296 Å². The first kappa shape index (κ1) is 46.1. The molecule has 0 spiro atoms. The molecule has 0 aliphatic heterocycles. The first-order chi connectivity index (χ1) is 23.5. The number of carboxylic acid groups (broad SMARTS) is 1. The Balaban J connectivity index is 3.46.